The van der Waals surface area contributed by atoms with Crippen LogP contribution in [0.4, 0.5) is 0 Å². The molecule has 0 saturated heterocycles. The first-order valence-electron chi connectivity index (χ1n) is 10.3. The number of nitrogens with zero attached hydrogens (tertiary/aromatic N) is 1. The molecule has 0 unspecified atom stereocenters. The van der Waals surface area contributed by atoms with Gasteiger partial charge in [-0.2, -0.15) is 0 Å². The minimum absolute atomic E-state index is 0.00451. The molecule has 6 heteroatoms. The van der Waals surface area contributed by atoms with E-state index < -0.39 is 6.04 Å². The summed E-state index contributed by atoms with van der Waals surface area (Å²) in [5.74, 6) is 0.258. The van der Waals surface area contributed by atoms with Gasteiger partial charge in [0, 0.05) is 17.1 Å². The first-order chi connectivity index (χ1) is 14.2. The maximum atomic E-state index is 13.1. The molecule has 0 aliphatic carbocycles. The molecule has 0 heterocycles. The minimum atomic E-state index is -0.559. The largest absolute Gasteiger partial charge is 0.484 e. The van der Waals surface area contributed by atoms with E-state index >= 15 is 0 Å². The van der Waals surface area contributed by atoms with Crippen LogP contribution in [0.15, 0.2) is 46.9 Å². The van der Waals surface area contributed by atoms with Crippen molar-refractivity contribution in [2.24, 2.45) is 0 Å². The van der Waals surface area contributed by atoms with Crippen LogP contribution >= 0.6 is 15.9 Å². The fourth-order valence-corrected chi connectivity index (χ4v) is 3.37. The second-order valence-corrected chi connectivity index (χ2v) is 8.65. The molecular formula is C24H31BrN2O3. The summed E-state index contributed by atoms with van der Waals surface area (Å²) in [4.78, 5) is 27.5. The lowest BCUT2D eigenvalue weighted by atomic mass is 10.1. The van der Waals surface area contributed by atoms with Gasteiger partial charge in [-0.25, -0.2) is 0 Å². The molecule has 0 fully saturated rings. The molecule has 0 aliphatic heterocycles. The Kier molecular flexibility index (Phi) is 8.90. The highest BCUT2D eigenvalue weighted by Gasteiger charge is 2.29. The Morgan fingerprint density at radius 3 is 2.33 bits per heavy atom. The van der Waals surface area contributed by atoms with E-state index in [0.29, 0.717) is 18.7 Å². The summed E-state index contributed by atoms with van der Waals surface area (Å²) in [5.41, 5.74) is 3.15. The summed E-state index contributed by atoms with van der Waals surface area (Å²) < 4.78 is 6.74. The van der Waals surface area contributed by atoms with Gasteiger partial charge in [0.25, 0.3) is 5.91 Å². The van der Waals surface area contributed by atoms with Crippen molar-refractivity contribution in [3.63, 3.8) is 0 Å². The molecule has 2 rings (SSSR count). The molecule has 0 spiro atoms. The molecule has 1 N–H and O–H groups in total. The second-order valence-electron chi connectivity index (χ2n) is 7.79. The van der Waals surface area contributed by atoms with Gasteiger partial charge in [0.2, 0.25) is 5.91 Å². The van der Waals surface area contributed by atoms with Crippen LogP contribution in [-0.2, 0) is 16.1 Å². The van der Waals surface area contributed by atoms with E-state index in [4.69, 9.17) is 4.74 Å². The molecule has 2 aromatic carbocycles. The minimum Gasteiger partial charge on any atom is -0.484 e. The van der Waals surface area contributed by atoms with Gasteiger partial charge in [0.1, 0.15) is 11.8 Å². The van der Waals surface area contributed by atoms with E-state index in [0.717, 1.165) is 21.2 Å². The van der Waals surface area contributed by atoms with Crippen molar-refractivity contribution >= 4 is 27.7 Å². The first kappa shape index (κ1) is 23.9. The van der Waals surface area contributed by atoms with Gasteiger partial charge in [-0.15, -0.1) is 0 Å². The summed E-state index contributed by atoms with van der Waals surface area (Å²) in [7, 11) is 0. The smallest absolute Gasteiger partial charge is 0.261 e. The monoisotopic (exact) mass is 474 g/mol. The van der Waals surface area contributed by atoms with Crippen molar-refractivity contribution in [2.45, 2.75) is 59.7 Å². The Labute approximate surface area is 187 Å². The van der Waals surface area contributed by atoms with Crippen molar-refractivity contribution in [3.05, 3.63) is 63.6 Å². The molecule has 2 amide bonds. The molecule has 0 aromatic heterocycles. The maximum Gasteiger partial charge on any atom is 0.261 e. The zero-order valence-corrected chi connectivity index (χ0v) is 20.0. The average molecular weight is 475 g/mol. The number of carbonyl (C=O) groups is 2. The number of aryl methyl sites for hydroxylation is 2. The van der Waals surface area contributed by atoms with Crippen LogP contribution in [-0.4, -0.2) is 35.4 Å². The quantitative estimate of drug-likeness (QED) is 0.568. The van der Waals surface area contributed by atoms with E-state index in [-0.39, 0.29) is 24.5 Å². The Balaban J connectivity index is 2.21. The van der Waals surface area contributed by atoms with E-state index in [2.05, 4.69) is 21.2 Å². The Bertz CT molecular complexity index is 865. The topological polar surface area (TPSA) is 58.6 Å². The van der Waals surface area contributed by atoms with Crippen molar-refractivity contribution < 1.29 is 14.3 Å². The first-order valence-corrected chi connectivity index (χ1v) is 11.0. The Morgan fingerprint density at radius 2 is 1.77 bits per heavy atom. The second kappa shape index (κ2) is 11.2. The summed E-state index contributed by atoms with van der Waals surface area (Å²) >= 11 is 3.46. The molecular weight excluding hydrogens is 444 g/mol. The lowest BCUT2D eigenvalue weighted by Crippen LogP contribution is -2.51. The van der Waals surface area contributed by atoms with Crippen LogP contribution < -0.4 is 10.1 Å². The lowest BCUT2D eigenvalue weighted by molar-refractivity contribution is -0.143. The predicted molar refractivity (Wildman–Crippen MR) is 123 cm³/mol. The zero-order chi connectivity index (χ0) is 22.3. The highest BCUT2D eigenvalue weighted by molar-refractivity contribution is 9.10. The van der Waals surface area contributed by atoms with Crippen LogP contribution in [0.5, 0.6) is 5.75 Å². The van der Waals surface area contributed by atoms with Crippen LogP contribution in [0, 0.1) is 13.8 Å². The van der Waals surface area contributed by atoms with E-state index in [9.17, 15) is 9.59 Å². The molecule has 5 nitrogen and oxygen atoms in total. The Hall–Kier alpha value is -2.34. The number of amides is 2. The molecule has 2 aromatic rings. The van der Waals surface area contributed by atoms with Crippen molar-refractivity contribution in [1.82, 2.24) is 10.2 Å². The highest BCUT2D eigenvalue weighted by atomic mass is 79.9. The molecule has 0 aliphatic rings. The predicted octanol–water partition coefficient (Wildman–Crippen LogP) is 4.78. The van der Waals surface area contributed by atoms with Crippen LogP contribution in [0.1, 0.15) is 43.9 Å². The SMILES string of the molecule is CC[C@H](C(=O)NC(C)C)N(Cc1ccc(C)cc1)C(=O)COc1ccc(Br)c(C)c1. The molecule has 162 valence electrons. The molecule has 0 radical (unpaired) electrons. The highest BCUT2D eigenvalue weighted by Crippen LogP contribution is 2.22. The van der Waals surface area contributed by atoms with Crippen LogP contribution in [0.2, 0.25) is 0 Å². The normalized spacial score (nSPS) is 11.8. The van der Waals surface area contributed by atoms with E-state index in [1.807, 2.05) is 77.1 Å². The third kappa shape index (κ3) is 6.87. The fraction of sp³-hybridized carbons (Fsp3) is 0.417. The van der Waals surface area contributed by atoms with Gasteiger partial charge in [-0.05, 0) is 63.4 Å². The van der Waals surface area contributed by atoms with Crippen molar-refractivity contribution in [1.29, 1.82) is 0 Å². The van der Waals surface area contributed by atoms with Crippen molar-refractivity contribution in [2.75, 3.05) is 6.61 Å². The number of halogens is 1. The van der Waals surface area contributed by atoms with Crippen LogP contribution in [0.25, 0.3) is 0 Å². The third-order valence-corrected chi connectivity index (χ3v) is 5.67. The number of benzene rings is 2. The number of nitrogens with one attached hydrogen (secondary N) is 1. The molecule has 0 saturated carbocycles. The number of ether oxygens (including phenoxy) is 1. The van der Waals surface area contributed by atoms with Crippen LogP contribution in [0.3, 0.4) is 0 Å². The maximum absolute atomic E-state index is 13.1. The molecule has 30 heavy (non-hydrogen) atoms. The number of rotatable bonds is 9. The van der Waals surface area contributed by atoms with Gasteiger partial charge < -0.3 is 15.0 Å². The molecule has 0 bridgehead atoms. The third-order valence-electron chi connectivity index (χ3n) is 4.78. The Morgan fingerprint density at radius 1 is 1.10 bits per heavy atom. The number of carbonyl (C=O) groups excluding carboxylic acids is 2. The standard InChI is InChI=1S/C24H31BrN2O3/c1-6-22(24(29)26-16(2)3)27(14-19-9-7-17(4)8-10-19)23(28)15-30-20-11-12-21(25)18(5)13-20/h7-13,16,22H,6,14-15H2,1-5H3,(H,26,29)/t22-/m1/s1. The number of hydrogen-bond acceptors (Lipinski definition) is 3. The summed E-state index contributed by atoms with van der Waals surface area (Å²) in [6.07, 6.45) is 0.521. The van der Waals surface area contributed by atoms with E-state index in [1.165, 1.54) is 0 Å². The van der Waals surface area contributed by atoms with E-state index in [1.54, 1.807) is 4.90 Å². The zero-order valence-electron chi connectivity index (χ0n) is 18.4. The lowest BCUT2D eigenvalue weighted by Gasteiger charge is -2.31. The molecule has 1 atom stereocenters. The van der Waals surface area contributed by atoms with Gasteiger partial charge in [-0.1, -0.05) is 52.7 Å². The average Bonchev–Trinajstić information content (AvgIpc) is 2.69. The number of hydrogen-bond donors (Lipinski definition) is 1. The summed E-state index contributed by atoms with van der Waals surface area (Å²) in [6, 6.07) is 13.0. The summed E-state index contributed by atoms with van der Waals surface area (Å²) in [6.45, 7) is 9.95. The van der Waals surface area contributed by atoms with Gasteiger partial charge >= 0.3 is 0 Å². The fourth-order valence-electron chi connectivity index (χ4n) is 3.13. The van der Waals surface area contributed by atoms with Gasteiger partial charge in [0.15, 0.2) is 6.61 Å². The van der Waals surface area contributed by atoms with Crippen molar-refractivity contribution in [3.8, 4) is 5.75 Å². The van der Waals surface area contributed by atoms with Gasteiger partial charge in [-0.3, -0.25) is 9.59 Å². The van der Waals surface area contributed by atoms with Gasteiger partial charge in [0.05, 0.1) is 0 Å². The summed E-state index contributed by atoms with van der Waals surface area (Å²) in [5, 5.41) is 2.93.